The van der Waals surface area contributed by atoms with Gasteiger partial charge >= 0.3 is 5.97 Å². The number of benzene rings is 1. The van der Waals surface area contributed by atoms with Crippen molar-refractivity contribution in [1.82, 2.24) is 9.64 Å². The van der Waals surface area contributed by atoms with Gasteiger partial charge in [-0.05, 0) is 6.92 Å². The Labute approximate surface area is 157 Å². The molecule has 1 aromatic carbocycles. The van der Waals surface area contributed by atoms with Crippen LogP contribution < -0.4 is 5.56 Å². The van der Waals surface area contributed by atoms with E-state index in [0.717, 1.165) is 18.7 Å². The summed E-state index contributed by atoms with van der Waals surface area (Å²) in [6.45, 7) is 4.89. The van der Waals surface area contributed by atoms with Crippen molar-refractivity contribution in [2.75, 3.05) is 40.0 Å². The zero-order valence-corrected chi connectivity index (χ0v) is 15.6. The second kappa shape index (κ2) is 8.98. The van der Waals surface area contributed by atoms with Gasteiger partial charge in [-0.15, -0.1) is 0 Å². The number of carbonyl (C=O) groups excluding carboxylic acids is 1. The average Bonchev–Trinajstić information content (AvgIpc) is 2.97. The predicted molar refractivity (Wildman–Crippen MR) is 97.0 cm³/mol. The number of carbonyl (C=O) groups is 1. The minimum atomic E-state index is -0.602. The Hall–Kier alpha value is -2.42. The maximum atomic E-state index is 12.6. The first-order chi connectivity index (χ1) is 13.1. The molecule has 3 rings (SSSR count). The fraction of sp³-hybridized carbons (Fsp3) is 0.474. The quantitative estimate of drug-likeness (QED) is 0.534. The van der Waals surface area contributed by atoms with Crippen molar-refractivity contribution < 1.29 is 23.8 Å². The highest BCUT2D eigenvalue weighted by atomic mass is 17.2. The van der Waals surface area contributed by atoms with Gasteiger partial charge in [-0.3, -0.25) is 14.6 Å². The van der Waals surface area contributed by atoms with Crippen LogP contribution in [0.25, 0.3) is 11.3 Å². The highest BCUT2D eigenvalue weighted by Gasteiger charge is 2.28. The summed E-state index contributed by atoms with van der Waals surface area (Å²) in [5.74, 6) is -0.632. The highest BCUT2D eigenvalue weighted by molar-refractivity contribution is 5.72. The fourth-order valence-corrected chi connectivity index (χ4v) is 3.14. The van der Waals surface area contributed by atoms with Gasteiger partial charge in [0.15, 0.2) is 5.76 Å². The van der Waals surface area contributed by atoms with Crippen molar-refractivity contribution >= 4 is 5.97 Å². The van der Waals surface area contributed by atoms with Gasteiger partial charge in [-0.25, -0.2) is 4.79 Å². The first-order valence-corrected chi connectivity index (χ1v) is 8.91. The van der Waals surface area contributed by atoms with Gasteiger partial charge in [-0.1, -0.05) is 30.3 Å². The van der Waals surface area contributed by atoms with Crippen LogP contribution in [0.1, 0.15) is 5.56 Å². The van der Waals surface area contributed by atoms with E-state index in [0.29, 0.717) is 31.1 Å². The number of aromatic nitrogens is 1. The molecular formula is C19H24N2O6. The number of hydrogen-bond acceptors (Lipinski definition) is 7. The summed E-state index contributed by atoms with van der Waals surface area (Å²) >= 11 is 0. The zero-order chi connectivity index (χ0) is 19.2. The van der Waals surface area contributed by atoms with Crippen molar-refractivity contribution in [3.63, 3.8) is 0 Å². The lowest BCUT2D eigenvalue weighted by atomic mass is 10.1. The lowest BCUT2D eigenvalue weighted by molar-refractivity contribution is -0.260. The number of morpholine rings is 1. The topological polar surface area (TPSA) is 83.1 Å². The van der Waals surface area contributed by atoms with Gasteiger partial charge in [0.1, 0.15) is 0 Å². The van der Waals surface area contributed by atoms with Crippen LogP contribution in [-0.2, 0) is 25.9 Å². The monoisotopic (exact) mass is 376 g/mol. The number of hydrogen-bond donors (Lipinski definition) is 0. The third kappa shape index (κ3) is 4.65. The predicted octanol–water partition coefficient (Wildman–Crippen LogP) is 1.47. The summed E-state index contributed by atoms with van der Waals surface area (Å²) in [4.78, 5) is 36.3. The van der Waals surface area contributed by atoms with Crippen LogP contribution in [-0.4, -0.2) is 55.6 Å². The Kier molecular flexibility index (Phi) is 6.44. The summed E-state index contributed by atoms with van der Waals surface area (Å²) in [5, 5.41) is 0. The standard InChI is InChI=1S/C19H24N2O6/c1-14-17(15-6-4-3-5-7-15)26-21(18(14)22)13-16(19(23)27-24-2)12-20-8-10-25-11-9-20/h3-7,16H,8-13H2,1-2H3. The molecule has 0 bridgehead atoms. The van der Waals surface area contributed by atoms with Crippen molar-refractivity contribution in [2.45, 2.75) is 13.5 Å². The maximum absolute atomic E-state index is 12.6. The Balaban J connectivity index is 1.82. The first kappa shape index (κ1) is 19.3. The summed E-state index contributed by atoms with van der Waals surface area (Å²) < 4.78 is 12.4. The molecule has 8 heteroatoms. The smallest absolute Gasteiger partial charge is 0.348 e. The van der Waals surface area contributed by atoms with Crippen LogP contribution in [0.3, 0.4) is 0 Å². The lowest BCUT2D eigenvalue weighted by Gasteiger charge is -2.29. The Morgan fingerprint density at radius 3 is 2.56 bits per heavy atom. The van der Waals surface area contributed by atoms with E-state index < -0.39 is 11.9 Å². The molecule has 0 N–H and O–H groups in total. The minimum absolute atomic E-state index is 0.0755. The van der Waals surface area contributed by atoms with Crippen LogP contribution in [0, 0.1) is 12.8 Å². The minimum Gasteiger partial charge on any atom is -0.379 e. The van der Waals surface area contributed by atoms with Crippen molar-refractivity contribution in [1.29, 1.82) is 0 Å². The van der Waals surface area contributed by atoms with E-state index in [4.69, 9.17) is 14.1 Å². The normalized spacial score (nSPS) is 16.2. The highest BCUT2D eigenvalue weighted by Crippen LogP contribution is 2.22. The zero-order valence-electron chi connectivity index (χ0n) is 15.6. The van der Waals surface area contributed by atoms with Crippen LogP contribution >= 0.6 is 0 Å². The molecule has 1 aliphatic heterocycles. The molecule has 0 spiro atoms. The number of ether oxygens (including phenoxy) is 1. The summed E-state index contributed by atoms with van der Waals surface area (Å²) in [5.41, 5.74) is 1.06. The third-order valence-corrected chi connectivity index (χ3v) is 4.59. The molecule has 0 saturated carbocycles. The molecule has 1 aromatic heterocycles. The third-order valence-electron chi connectivity index (χ3n) is 4.59. The number of rotatable bonds is 7. The molecule has 27 heavy (non-hydrogen) atoms. The van der Waals surface area contributed by atoms with Gasteiger partial charge in [0.25, 0.3) is 5.56 Å². The molecule has 1 atom stereocenters. The number of nitrogens with zero attached hydrogens (tertiary/aromatic N) is 2. The Bertz CT molecular complexity index is 807. The Morgan fingerprint density at radius 2 is 1.89 bits per heavy atom. The molecule has 2 heterocycles. The van der Waals surface area contributed by atoms with E-state index in [9.17, 15) is 9.59 Å². The Morgan fingerprint density at radius 1 is 1.19 bits per heavy atom. The van der Waals surface area contributed by atoms with Crippen molar-refractivity contribution in [3.8, 4) is 11.3 Å². The molecule has 146 valence electrons. The van der Waals surface area contributed by atoms with E-state index in [-0.39, 0.29) is 12.1 Å². The maximum Gasteiger partial charge on any atom is 0.348 e. The molecule has 1 aliphatic rings. The van der Waals surface area contributed by atoms with Crippen LogP contribution in [0.5, 0.6) is 0 Å². The molecule has 2 aromatic rings. The molecule has 1 unspecified atom stereocenters. The summed E-state index contributed by atoms with van der Waals surface area (Å²) in [6.07, 6.45) is 0. The van der Waals surface area contributed by atoms with E-state index in [2.05, 4.69) is 9.79 Å². The van der Waals surface area contributed by atoms with Gasteiger partial charge in [0.2, 0.25) is 0 Å². The molecule has 0 amide bonds. The first-order valence-electron chi connectivity index (χ1n) is 8.91. The van der Waals surface area contributed by atoms with E-state index in [1.165, 1.54) is 11.8 Å². The largest absolute Gasteiger partial charge is 0.379 e. The van der Waals surface area contributed by atoms with E-state index in [1.54, 1.807) is 6.92 Å². The van der Waals surface area contributed by atoms with Gasteiger partial charge < -0.3 is 9.26 Å². The van der Waals surface area contributed by atoms with Crippen LogP contribution in [0.15, 0.2) is 39.6 Å². The van der Waals surface area contributed by atoms with Gasteiger partial charge in [-0.2, -0.15) is 9.63 Å². The van der Waals surface area contributed by atoms with Crippen LogP contribution in [0.2, 0.25) is 0 Å². The van der Waals surface area contributed by atoms with Gasteiger partial charge in [0.05, 0.1) is 38.3 Å². The van der Waals surface area contributed by atoms with Crippen molar-refractivity contribution in [2.24, 2.45) is 5.92 Å². The van der Waals surface area contributed by atoms with E-state index >= 15 is 0 Å². The molecule has 0 radical (unpaired) electrons. The second-order valence-electron chi connectivity index (χ2n) is 6.46. The molecule has 0 aliphatic carbocycles. The average molecular weight is 376 g/mol. The second-order valence-corrected chi connectivity index (χ2v) is 6.46. The SMILES string of the molecule is COOC(=O)C(CN1CCOCC1)Cn1oc(-c2ccccc2)c(C)c1=O. The molecule has 1 saturated heterocycles. The molecule has 8 nitrogen and oxygen atoms in total. The van der Waals surface area contributed by atoms with Gasteiger partial charge in [0, 0.05) is 25.2 Å². The summed E-state index contributed by atoms with van der Waals surface area (Å²) in [7, 11) is 1.28. The van der Waals surface area contributed by atoms with Crippen molar-refractivity contribution in [3.05, 3.63) is 46.2 Å². The van der Waals surface area contributed by atoms with E-state index in [1.807, 2.05) is 30.3 Å². The molecule has 1 fully saturated rings. The summed E-state index contributed by atoms with van der Waals surface area (Å²) in [6, 6.07) is 9.40. The lowest BCUT2D eigenvalue weighted by Crippen LogP contribution is -2.43. The van der Waals surface area contributed by atoms with Crippen LogP contribution in [0.4, 0.5) is 0 Å². The fourth-order valence-electron chi connectivity index (χ4n) is 3.14. The molecular weight excluding hydrogens is 352 g/mol.